The van der Waals surface area contributed by atoms with E-state index < -0.39 is 0 Å². The average molecular weight is 412 g/mol. The second kappa shape index (κ2) is 8.64. The Bertz CT molecular complexity index is 923. The zero-order valence-corrected chi connectivity index (χ0v) is 17.9. The molecule has 0 aromatic heterocycles. The molecule has 30 heavy (non-hydrogen) atoms. The number of rotatable bonds is 3. The number of nitrogens with zero attached hydrogens (tertiary/aromatic N) is 1. The van der Waals surface area contributed by atoms with Crippen LogP contribution in [0.4, 0.5) is 20.6 Å². The van der Waals surface area contributed by atoms with E-state index >= 15 is 0 Å². The lowest BCUT2D eigenvalue weighted by atomic mass is 9.87. The molecule has 0 saturated carbocycles. The zero-order valence-electron chi connectivity index (χ0n) is 17.9. The highest BCUT2D eigenvalue weighted by Gasteiger charge is 2.24. The molecule has 1 saturated heterocycles. The Hall–Kier alpha value is -2.60. The van der Waals surface area contributed by atoms with E-state index in [0.717, 1.165) is 24.9 Å². The largest absolute Gasteiger partial charge is 0.372 e. The Morgan fingerprint density at radius 2 is 1.90 bits per heavy atom. The number of amides is 2. The number of urea groups is 1. The highest BCUT2D eigenvalue weighted by molar-refractivity contribution is 5.90. The van der Waals surface area contributed by atoms with Crippen LogP contribution in [0.3, 0.4) is 0 Å². The van der Waals surface area contributed by atoms with Crippen LogP contribution in [0.5, 0.6) is 0 Å². The first-order valence-electron chi connectivity index (χ1n) is 10.8. The van der Waals surface area contributed by atoms with Crippen molar-refractivity contribution in [2.75, 3.05) is 23.3 Å². The van der Waals surface area contributed by atoms with Crippen molar-refractivity contribution in [3.63, 3.8) is 0 Å². The number of ether oxygens (including phenoxy) is 1. The number of nitrogens with one attached hydrogen (secondary N) is 2. The monoisotopic (exact) mass is 411 g/mol. The second-order valence-corrected chi connectivity index (χ2v) is 8.61. The van der Waals surface area contributed by atoms with Crippen LogP contribution in [0.15, 0.2) is 36.4 Å². The molecule has 0 unspecified atom stereocenters. The van der Waals surface area contributed by atoms with E-state index in [0.29, 0.717) is 18.8 Å². The number of benzene rings is 2. The maximum absolute atomic E-state index is 14.3. The number of carbonyl (C=O) groups is 1. The molecule has 1 aliphatic carbocycles. The third-order valence-corrected chi connectivity index (χ3v) is 5.85. The topological polar surface area (TPSA) is 53.6 Å². The number of carbonyl (C=O) groups excluding carboxylic acids is 1. The standard InChI is InChI=1S/C24H30FN3O2/c1-15-7-8-18-5-4-6-23(22(18)9-15)27-24(29)26-20-10-19(25)11-21(12-20)28-13-16(2)30-17(3)14-28/h7-12,16-17,23H,4-6,13-14H2,1-3H3,(H2,26,27,29)/t16-,17+,23-/m0/s1. The molecule has 2 aromatic carbocycles. The summed E-state index contributed by atoms with van der Waals surface area (Å²) >= 11 is 0. The van der Waals surface area contributed by atoms with Crippen molar-refractivity contribution in [3.8, 4) is 0 Å². The van der Waals surface area contributed by atoms with Gasteiger partial charge in [0.2, 0.25) is 0 Å². The van der Waals surface area contributed by atoms with Gasteiger partial charge in [0, 0.05) is 24.5 Å². The molecule has 1 aliphatic heterocycles. The van der Waals surface area contributed by atoms with Crippen LogP contribution in [0, 0.1) is 12.7 Å². The summed E-state index contributed by atoms with van der Waals surface area (Å²) in [5.41, 5.74) is 4.88. The molecule has 5 nitrogen and oxygen atoms in total. The maximum Gasteiger partial charge on any atom is 0.319 e. The van der Waals surface area contributed by atoms with Crippen LogP contribution < -0.4 is 15.5 Å². The smallest absolute Gasteiger partial charge is 0.319 e. The molecule has 0 bridgehead atoms. The van der Waals surface area contributed by atoms with Crippen molar-refractivity contribution in [1.82, 2.24) is 5.32 Å². The summed E-state index contributed by atoms with van der Waals surface area (Å²) in [7, 11) is 0. The van der Waals surface area contributed by atoms with E-state index in [-0.39, 0.29) is 30.1 Å². The average Bonchev–Trinajstić information content (AvgIpc) is 2.67. The van der Waals surface area contributed by atoms with Crippen LogP contribution in [0.25, 0.3) is 0 Å². The molecule has 1 heterocycles. The Balaban J connectivity index is 1.47. The molecule has 0 spiro atoms. The molecule has 2 N–H and O–H groups in total. The quantitative estimate of drug-likeness (QED) is 0.752. The van der Waals surface area contributed by atoms with Crippen LogP contribution in [0.1, 0.15) is 49.4 Å². The first kappa shape index (κ1) is 20.7. The van der Waals surface area contributed by atoms with Crippen molar-refractivity contribution in [2.45, 2.75) is 58.3 Å². The fraction of sp³-hybridized carbons (Fsp3) is 0.458. The molecule has 2 aromatic rings. The van der Waals surface area contributed by atoms with Gasteiger partial charge in [0.05, 0.1) is 18.2 Å². The van der Waals surface area contributed by atoms with Crippen LogP contribution >= 0.6 is 0 Å². The van der Waals surface area contributed by atoms with E-state index in [1.165, 1.54) is 28.8 Å². The summed E-state index contributed by atoms with van der Waals surface area (Å²) in [6.07, 6.45) is 3.14. The summed E-state index contributed by atoms with van der Waals surface area (Å²) in [6.45, 7) is 7.47. The third kappa shape index (κ3) is 4.75. The number of halogens is 1. The molecule has 4 rings (SSSR count). The molecule has 1 fully saturated rings. The van der Waals surface area contributed by atoms with Gasteiger partial charge in [-0.1, -0.05) is 23.8 Å². The normalized spacial score (nSPS) is 23.6. The Labute approximate surface area is 177 Å². The molecular weight excluding hydrogens is 381 g/mol. The Morgan fingerprint density at radius 3 is 2.67 bits per heavy atom. The van der Waals surface area contributed by atoms with Crippen molar-refractivity contribution in [2.24, 2.45) is 0 Å². The maximum atomic E-state index is 14.3. The number of aryl methyl sites for hydroxylation is 2. The lowest BCUT2D eigenvalue weighted by Gasteiger charge is -2.37. The third-order valence-electron chi connectivity index (χ3n) is 5.85. The van der Waals surface area contributed by atoms with Crippen LogP contribution in [-0.2, 0) is 11.2 Å². The lowest BCUT2D eigenvalue weighted by Crippen LogP contribution is -2.45. The van der Waals surface area contributed by atoms with Gasteiger partial charge in [0.1, 0.15) is 5.82 Å². The Kier molecular flexibility index (Phi) is 5.95. The van der Waals surface area contributed by atoms with Crippen molar-refractivity contribution in [3.05, 3.63) is 58.9 Å². The molecule has 0 radical (unpaired) electrons. The fourth-order valence-electron chi connectivity index (χ4n) is 4.61. The fourth-order valence-corrected chi connectivity index (χ4v) is 4.61. The predicted molar refractivity (Wildman–Crippen MR) is 118 cm³/mol. The van der Waals surface area contributed by atoms with E-state index in [4.69, 9.17) is 4.74 Å². The van der Waals surface area contributed by atoms with Gasteiger partial charge in [-0.2, -0.15) is 0 Å². The van der Waals surface area contributed by atoms with E-state index in [2.05, 4.69) is 40.7 Å². The van der Waals surface area contributed by atoms with Gasteiger partial charge in [0.15, 0.2) is 0 Å². The Morgan fingerprint density at radius 1 is 1.13 bits per heavy atom. The van der Waals surface area contributed by atoms with Gasteiger partial charge in [-0.15, -0.1) is 0 Å². The van der Waals surface area contributed by atoms with Crippen LogP contribution in [-0.4, -0.2) is 31.3 Å². The minimum absolute atomic E-state index is 0.0253. The van der Waals surface area contributed by atoms with Crippen molar-refractivity contribution in [1.29, 1.82) is 0 Å². The molecule has 160 valence electrons. The van der Waals surface area contributed by atoms with Gasteiger partial charge < -0.3 is 20.3 Å². The van der Waals surface area contributed by atoms with Gasteiger partial charge in [-0.05, 0) is 69.4 Å². The van der Waals surface area contributed by atoms with Crippen molar-refractivity contribution < 1.29 is 13.9 Å². The number of hydrogen-bond donors (Lipinski definition) is 2. The van der Waals surface area contributed by atoms with Gasteiger partial charge in [-0.25, -0.2) is 9.18 Å². The molecule has 2 amide bonds. The van der Waals surface area contributed by atoms with E-state index in [1.807, 2.05) is 19.9 Å². The number of hydrogen-bond acceptors (Lipinski definition) is 3. The zero-order chi connectivity index (χ0) is 21.3. The van der Waals surface area contributed by atoms with Gasteiger partial charge >= 0.3 is 6.03 Å². The van der Waals surface area contributed by atoms with E-state index in [1.54, 1.807) is 0 Å². The van der Waals surface area contributed by atoms with Gasteiger partial charge in [0.25, 0.3) is 0 Å². The predicted octanol–water partition coefficient (Wildman–Crippen LogP) is 4.95. The lowest BCUT2D eigenvalue weighted by molar-refractivity contribution is -0.00523. The molecule has 2 aliphatic rings. The molecule has 3 atom stereocenters. The summed E-state index contributed by atoms with van der Waals surface area (Å²) in [4.78, 5) is 14.8. The number of fused-ring (bicyclic) bond motifs is 1. The summed E-state index contributed by atoms with van der Waals surface area (Å²) in [5, 5.41) is 5.91. The summed E-state index contributed by atoms with van der Waals surface area (Å²) < 4.78 is 20.1. The van der Waals surface area contributed by atoms with Crippen LogP contribution in [0.2, 0.25) is 0 Å². The highest BCUT2D eigenvalue weighted by atomic mass is 19.1. The number of anilines is 2. The summed E-state index contributed by atoms with van der Waals surface area (Å²) in [5.74, 6) is -0.367. The first-order valence-corrected chi connectivity index (χ1v) is 10.8. The van der Waals surface area contributed by atoms with Crippen molar-refractivity contribution >= 4 is 17.4 Å². The molecule has 6 heteroatoms. The molecular formula is C24H30FN3O2. The van der Waals surface area contributed by atoms with Gasteiger partial charge in [-0.3, -0.25) is 0 Å². The summed E-state index contributed by atoms with van der Waals surface area (Å²) in [6, 6.07) is 10.8. The minimum Gasteiger partial charge on any atom is -0.372 e. The first-order chi connectivity index (χ1) is 14.4. The number of morpholine rings is 1. The second-order valence-electron chi connectivity index (χ2n) is 8.61. The SMILES string of the molecule is Cc1ccc2c(c1)[C@@H](NC(=O)Nc1cc(F)cc(N3C[C@@H](C)O[C@@H](C)C3)c1)CCC2. The van der Waals surface area contributed by atoms with E-state index in [9.17, 15) is 9.18 Å². The minimum atomic E-state index is -0.367. The highest BCUT2D eigenvalue weighted by Crippen LogP contribution is 2.31.